The molecule has 0 aliphatic carbocycles. The van der Waals surface area contributed by atoms with Gasteiger partial charge in [0.1, 0.15) is 6.61 Å². The van der Waals surface area contributed by atoms with Gasteiger partial charge in [0.05, 0.1) is 5.60 Å². The number of amides is 1. The van der Waals surface area contributed by atoms with Crippen molar-refractivity contribution in [2.45, 2.75) is 32.8 Å². The van der Waals surface area contributed by atoms with Gasteiger partial charge in [-0.05, 0) is 27.2 Å². The van der Waals surface area contributed by atoms with Crippen LogP contribution in [-0.4, -0.2) is 36.1 Å². The Balaban J connectivity index is 2.31. The zero-order chi connectivity index (χ0) is 10.6. The van der Waals surface area contributed by atoms with Crippen molar-refractivity contribution in [2.75, 3.05) is 19.7 Å². The molecule has 0 aromatic heterocycles. The summed E-state index contributed by atoms with van der Waals surface area (Å²) in [4.78, 5) is 13.4. The van der Waals surface area contributed by atoms with Crippen LogP contribution in [0.15, 0.2) is 12.2 Å². The summed E-state index contributed by atoms with van der Waals surface area (Å²) in [7, 11) is 0. The van der Waals surface area contributed by atoms with Gasteiger partial charge in [0.2, 0.25) is 5.91 Å². The number of hydrogen-bond donors (Lipinski definition) is 0. The largest absolute Gasteiger partial charge is 0.366 e. The summed E-state index contributed by atoms with van der Waals surface area (Å²) in [5.74, 6) is 0.0873. The molecule has 0 bridgehead atoms. The molecule has 0 spiro atoms. The molecule has 0 unspecified atom stereocenters. The third-order valence-corrected chi connectivity index (χ3v) is 2.04. The highest BCUT2D eigenvalue weighted by Crippen LogP contribution is 2.08. The molecule has 1 rings (SSSR count). The monoisotopic (exact) mass is 197 g/mol. The van der Waals surface area contributed by atoms with E-state index in [1.165, 1.54) is 0 Å². The molecule has 0 fully saturated rings. The topological polar surface area (TPSA) is 29.5 Å². The summed E-state index contributed by atoms with van der Waals surface area (Å²) in [6.45, 7) is 7.61. The number of ether oxygens (including phenoxy) is 1. The maximum Gasteiger partial charge on any atom is 0.248 e. The van der Waals surface area contributed by atoms with Crippen molar-refractivity contribution >= 4 is 5.91 Å². The van der Waals surface area contributed by atoms with Crippen LogP contribution in [0.25, 0.3) is 0 Å². The average molecular weight is 197 g/mol. The van der Waals surface area contributed by atoms with E-state index >= 15 is 0 Å². The second-order valence-corrected chi connectivity index (χ2v) is 4.50. The van der Waals surface area contributed by atoms with Crippen molar-refractivity contribution in [3.8, 4) is 0 Å². The zero-order valence-electron chi connectivity index (χ0n) is 9.25. The predicted octanol–water partition coefficient (Wildman–Crippen LogP) is 1.59. The van der Waals surface area contributed by atoms with Crippen molar-refractivity contribution < 1.29 is 9.53 Å². The lowest BCUT2D eigenvalue weighted by atomic mass is 10.2. The van der Waals surface area contributed by atoms with E-state index in [1.54, 1.807) is 0 Å². The number of nitrogens with zero attached hydrogens (tertiary/aromatic N) is 1. The van der Waals surface area contributed by atoms with Crippen molar-refractivity contribution in [2.24, 2.45) is 0 Å². The smallest absolute Gasteiger partial charge is 0.248 e. The second-order valence-electron chi connectivity index (χ2n) is 4.50. The van der Waals surface area contributed by atoms with Crippen LogP contribution < -0.4 is 0 Å². The lowest BCUT2D eigenvalue weighted by Gasteiger charge is -2.26. The summed E-state index contributed by atoms with van der Waals surface area (Å²) in [5, 5.41) is 0. The van der Waals surface area contributed by atoms with Gasteiger partial charge in [0.15, 0.2) is 0 Å². The van der Waals surface area contributed by atoms with E-state index in [4.69, 9.17) is 4.74 Å². The minimum absolute atomic E-state index is 0.0873. The highest BCUT2D eigenvalue weighted by atomic mass is 16.5. The van der Waals surface area contributed by atoms with Crippen molar-refractivity contribution in [1.82, 2.24) is 4.90 Å². The summed E-state index contributed by atoms with van der Waals surface area (Å²) in [6, 6.07) is 0. The normalized spacial score (nSPS) is 17.2. The first-order valence-corrected chi connectivity index (χ1v) is 5.06. The Morgan fingerprint density at radius 1 is 1.43 bits per heavy atom. The van der Waals surface area contributed by atoms with Gasteiger partial charge in [-0.15, -0.1) is 0 Å². The first-order valence-electron chi connectivity index (χ1n) is 5.06. The molecule has 3 heteroatoms. The van der Waals surface area contributed by atoms with E-state index in [9.17, 15) is 4.79 Å². The fourth-order valence-corrected chi connectivity index (χ4v) is 1.24. The molecule has 14 heavy (non-hydrogen) atoms. The van der Waals surface area contributed by atoms with Gasteiger partial charge in [0.25, 0.3) is 0 Å². The predicted molar refractivity (Wildman–Crippen MR) is 56.0 cm³/mol. The molecular weight excluding hydrogens is 178 g/mol. The Labute approximate surface area is 85.7 Å². The standard InChI is InChI=1S/C11H19NO2/c1-11(2,3)14-9-10(13)12-7-5-4-6-8-12/h4-5H,6-9H2,1-3H3. The van der Waals surface area contributed by atoms with Crippen LogP contribution in [0.1, 0.15) is 27.2 Å². The first kappa shape index (κ1) is 11.2. The van der Waals surface area contributed by atoms with Gasteiger partial charge >= 0.3 is 0 Å². The number of hydrogen-bond acceptors (Lipinski definition) is 2. The van der Waals surface area contributed by atoms with Crippen LogP contribution in [0, 0.1) is 0 Å². The summed E-state index contributed by atoms with van der Waals surface area (Å²) in [6.07, 6.45) is 5.09. The Hall–Kier alpha value is -0.830. The highest BCUT2D eigenvalue weighted by molar-refractivity contribution is 5.77. The van der Waals surface area contributed by atoms with E-state index in [2.05, 4.69) is 6.08 Å². The quantitative estimate of drug-likeness (QED) is 0.629. The van der Waals surface area contributed by atoms with Gasteiger partial charge in [0, 0.05) is 13.1 Å². The van der Waals surface area contributed by atoms with Crippen LogP contribution in [0.4, 0.5) is 0 Å². The Bertz CT molecular complexity index is 228. The number of carbonyl (C=O) groups is 1. The van der Waals surface area contributed by atoms with Gasteiger partial charge < -0.3 is 9.64 Å². The molecule has 0 saturated heterocycles. The van der Waals surface area contributed by atoms with Crippen molar-refractivity contribution in [1.29, 1.82) is 0 Å². The lowest BCUT2D eigenvalue weighted by Crippen LogP contribution is -2.38. The molecule has 1 aliphatic rings. The second kappa shape index (κ2) is 4.60. The molecule has 3 nitrogen and oxygen atoms in total. The molecule has 0 radical (unpaired) electrons. The summed E-state index contributed by atoms with van der Waals surface area (Å²) >= 11 is 0. The van der Waals surface area contributed by atoms with E-state index in [1.807, 2.05) is 31.7 Å². The van der Waals surface area contributed by atoms with Gasteiger partial charge in [-0.3, -0.25) is 4.79 Å². The fraction of sp³-hybridized carbons (Fsp3) is 0.727. The van der Waals surface area contributed by atoms with Crippen LogP contribution in [0.2, 0.25) is 0 Å². The Kier molecular flexibility index (Phi) is 3.69. The molecular formula is C11H19NO2. The molecule has 0 atom stereocenters. The maximum atomic E-state index is 11.6. The average Bonchev–Trinajstić information content (AvgIpc) is 2.14. The molecule has 0 aromatic carbocycles. The van der Waals surface area contributed by atoms with Crippen molar-refractivity contribution in [3.63, 3.8) is 0 Å². The van der Waals surface area contributed by atoms with Crippen LogP contribution in [-0.2, 0) is 9.53 Å². The van der Waals surface area contributed by atoms with E-state index in [0.717, 1.165) is 19.5 Å². The molecule has 1 heterocycles. The number of carbonyl (C=O) groups excluding carboxylic acids is 1. The molecule has 80 valence electrons. The van der Waals surface area contributed by atoms with Gasteiger partial charge in [-0.2, -0.15) is 0 Å². The zero-order valence-corrected chi connectivity index (χ0v) is 9.25. The van der Waals surface area contributed by atoms with E-state index in [0.29, 0.717) is 0 Å². The third kappa shape index (κ3) is 3.92. The van der Waals surface area contributed by atoms with E-state index in [-0.39, 0.29) is 18.1 Å². The minimum Gasteiger partial charge on any atom is -0.366 e. The number of rotatable bonds is 2. The van der Waals surface area contributed by atoms with Crippen LogP contribution in [0.3, 0.4) is 0 Å². The van der Waals surface area contributed by atoms with Gasteiger partial charge in [-0.25, -0.2) is 0 Å². The summed E-state index contributed by atoms with van der Waals surface area (Å²) < 4.78 is 5.43. The fourth-order valence-electron chi connectivity index (χ4n) is 1.24. The first-order chi connectivity index (χ1) is 6.49. The molecule has 0 aromatic rings. The Morgan fingerprint density at radius 3 is 2.64 bits per heavy atom. The maximum absolute atomic E-state index is 11.6. The molecule has 0 N–H and O–H groups in total. The molecule has 1 amide bonds. The van der Waals surface area contributed by atoms with Gasteiger partial charge in [-0.1, -0.05) is 12.2 Å². The SMILES string of the molecule is CC(C)(C)OCC(=O)N1CC=CCC1. The van der Waals surface area contributed by atoms with Crippen LogP contribution >= 0.6 is 0 Å². The molecule has 0 saturated carbocycles. The Morgan fingerprint density at radius 2 is 2.14 bits per heavy atom. The minimum atomic E-state index is -0.235. The van der Waals surface area contributed by atoms with E-state index < -0.39 is 0 Å². The van der Waals surface area contributed by atoms with Crippen LogP contribution in [0.5, 0.6) is 0 Å². The molecule has 1 aliphatic heterocycles. The third-order valence-electron chi connectivity index (χ3n) is 2.04. The lowest BCUT2D eigenvalue weighted by molar-refractivity contribution is -0.140. The highest BCUT2D eigenvalue weighted by Gasteiger charge is 2.17. The summed E-state index contributed by atoms with van der Waals surface area (Å²) in [5.41, 5.74) is -0.235. The van der Waals surface area contributed by atoms with Crippen molar-refractivity contribution in [3.05, 3.63) is 12.2 Å².